The van der Waals surface area contributed by atoms with Crippen molar-refractivity contribution < 1.29 is 10.3 Å². The molecule has 4 heteroatoms. The van der Waals surface area contributed by atoms with Crippen LogP contribution < -0.4 is 5.73 Å². The van der Waals surface area contributed by atoms with Gasteiger partial charge in [-0.05, 0) is 11.1 Å². The number of amidine groups is 1. The van der Waals surface area contributed by atoms with Crippen LogP contribution in [0, 0.1) is 0 Å². The quantitative estimate of drug-likeness (QED) is 0.274. The molecule has 4 N–H and O–H groups in total. The van der Waals surface area contributed by atoms with Crippen LogP contribution in [-0.2, 0) is 13.0 Å². The van der Waals surface area contributed by atoms with Crippen molar-refractivity contribution in [1.82, 2.24) is 0 Å². The molecule has 0 saturated carbocycles. The Balaban J connectivity index is 2.69. The van der Waals surface area contributed by atoms with Gasteiger partial charge in [-0.25, -0.2) is 0 Å². The zero-order valence-corrected chi connectivity index (χ0v) is 7.14. The van der Waals surface area contributed by atoms with Gasteiger partial charge >= 0.3 is 0 Å². The Bertz CT molecular complexity index is 293. The number of benzene rings is 1. The van der Waals surface area contributed by atoms with E-state index in [9.17, 15) is 0 Å². The standard InChI is InChI=1S/C9H12N2O2/c10-9(11-13)5-7-1-3-8(6-12)4-2-7/h1-4,12-13H,5-6H2,(H2,10,11). The van der Waals surface area contributed by atoms with Gasteiger partial charge in [0, 0.05) is 6.42 Å². The highest BCUT2D eigenvalue weighted by Crippen LogP contribution is 2.04. The lowest BCUT2D eigenvalue weighted by Crippen LogP contribution is -2.14. The molecule has 1 rings (SSSR count). The second-order valence-corrected chi connectivity index (χ2v) is 2.74. The van der Waals surface area contributed by atoms with Crippen LogP contribution in [0.15, 0.2) is 29.4 Å². The number of nitrogens with two attached hydrogens (primary N) is 1. The third kappa shape index (κ3) is 2.76. The predicted molar refractivity (Wildman–Crippen MR) is 49.5 cm³/mol. The summed E-state index contributed by atoms with van der Waals surface area (Å²) in [5.74, 6) is 0.178. The molecule has 13 heavy (non-hydrogen) atoms. The highest BCUT2D eigenvalue weighted by molar-refractivity contribution is 5.81. The van der Waals surface area contributed by atoms with Gasteiger partial charge in [-0.1, -0.05) is 29.4 Å². The number of hydrogen-bond acceptors (Lipinski definition) is 3. The molecule has 70 valence electrons. The number of aliphatic hydroxyl groups is 1. The zero-order valence-electron chi connectivity index (χ0n) is 7.14. The number of rotatable bonds is 3. The lowest BCUT2D eigenvalue weighted by molar-refractivity contribution is 0.282. The lowest BCUT2D eigenvalue weighted by atomic mass is 10.1. The van der Waals surface area contributed by atoms with Crippen LogP contribution in [0.25, 0.3) is 0 Å². The maximum absolute atomic E-state index is 8.77. The Hall–Kier alpha value is -1.55. The molecule has 1 aromatic rings. The summed E-state index contributed by atoms with van der Waals surface area (Å²) in [5.41, 5.74) is 7.13. The second-order valence-electron chi connectivity index (χ2n) is 2.74. The maximum atomic E-state index is 8.77. The molecule has 0 spiro atoms. The molecule has 0 aliphatic rings. The van der Waals surface area contributed by atoms with E-state index in [2.05, 4.69) is 5.16 Å². The fourth-order valence-corrected chi connectivity index (χ4v) is 1.01. The summed E-state index contributed by atoms with van der Waals surface area (Å²) in [7, 11) is 0. The Morgan fingerprint density at radius 2 is 1.77 bits per heavy atom. The van der Waals surface area contributed by atoms with E-state index >= 15 is 0 Å². The van der Waals surface area contributed by atoms with Crippen molar-refractivity contribution in [1.29, 1.82) is 0 Å². The number of oxime groups is 1. The molecular weight excluding hydrogens is 168 g/mol. The van der Waals surface area contributed by atoms with E-state index in [4.69, 9.17) is 16.0 Å². The summed E-state index contributed by atoms with van der Waals surface area (Å²) in [5, 5.41) is 20.0. The van der Waals surface area contributed by atoms with Gasteiger partial charge in [-0.15, -0.1) is 0 Å². The van der Waals surface area contributed by atoms with E-state index in [1.165, 1.54) is 0 Å². The molecule has 0 unspecified atom stereocenters. The Morgan fingerprint density at radius 1 is 1.23 bits per heavy atom. The smallest absolute Gasteiger partial charge is 0.143 e. The zero-order chi connectivity index (χ0) is 9.68. The van der Waals surface area contributed by atoms with E-state index in [0.29, 0.717) is 6.42 Å². The largest absolute Gasteiger partial charge is 0.409 e. The van der Waals surface area contributed by atoms with Crippen LogP contribution in [0.3, 0.4) is 0 Å². The fourth-order valence-electron chi connectivity index (χ4n) is 1.01. The highest BCUT2D eigenvalue weighted by Gasteiger charge is 1.97. The molecule has 0 saturated heterocycles. The van der Waals surface area contributed by atoms with Crippen molar-refractivity contribution in [2.75, 3.05) is 0 Å². The molecule has 0 aliphatic heterocycles. The van der Waals surface area contributed by atoms with E-state index in [0.717, 1.165) is 11.1 Å². The minimum atomic E-state index is 0.0316. The summed E-state index contributed by atoms with van der Waals surface area (Å²) in [4.78, 5) is 0. The average Bonchev–Trinajstić information content (AvgIpc) is 2.19. The fraction of sp³-hybridized carbons (Fsp3) is 0.222. The van der Waals surface area contributed by atoms with Gasteiger partial charge in [0.2, 0.25) is 0 Å². The Labute approximate surface area is 76.3 Å². The van der Waals surface area contributed by atoms with Crippen molar-refractivity contribution >= 4 is 5.84 Å². The molecule has 0 fully saturated rings. The van der Waals surface area contributed by atoms with Crippen LogP contribution in [-0.4, -0.2) is 16.1 Å². The van der Waals surface area contributed by atoms with Crippen LogP contribution in [0.1, 0.15) is 11.1 Å². The third-order valence-electron chi connectivity index (χ3n) is 1.72. The normalized spacial score (nSPS) is 11.6. The highest BCUT2D eigenvalue weighted by atomic mass is 16.4. The van der Waals surface area contributed by atoms with Crippen LogP contribution in [0.4, 0.5) is 0 Å². The van der Waals surface area contributed by atoms with E-state index in [1.807, 2.05) is 12.1 Å². The summed E-state index contributed by atoms with van der Waals surface area (Å²) >= 11 is 0. The maximum Gasteiger partial charge on any atom is 0.143 e. The number of aliphatic hydroxyl groups excluding tert-OH is 1. The molecular formula is C9H12N2O2. The molecule has 0 radical (unpaired) electrons. The molecule has 0 aromatic heterocycles. The van der Waals surface area contributed by atoms with Gasteiger partial charge in [-0.2, -0.15) is 0 Å². The monoisotopic (exact) mass is 180 g/mol. The number of nitrogens with zero attached hydrogens (tertiary/aromatic N) is 1. The van der Waals surface area contributed by atoms with Gasteiger partial charge in [0.1, 0.15) is 5.84 Å². The van der Waals surface area contributed by atoms with E-state index in [1.54, 1.807) is 12.1 Å². The summed E-state index contributed by atoms with van der Waals surface area (Å²) in [6, 6.07) is 7.28. The molecule has 0 heterocycles. The molecule has 1 aromatic carbocycles. The van der Waals surface area contributed by atoms with Crippen molar-refractivity contribution in [2.45, 2.75) is 13.0 Å². The van der Waals surface area contributed by atoms with Gasteiger partial charge in [-0.3, -0.25) is 0 Å². The molecule has 0 amide bonds. The SMILES string of the molecule is N/C(Cc1ccc(CO)cc1)=N/O. The first-order valence-electron chi connectivity index (χ1n) is 3.91. The predicted octanol–water partition coefficient (Wildman–Crippen LogP) is 0.468. The Kier molecular flexibility index (Phi) is 3.28. The van der Waals surface area contributed by atoms with Crippen LogP contribution in [0.5, 0.6) is 0 Å². The minimum Gasteiger partial charge on any atom is -0.409 e. The van der Waals surface area contributed by atoms with Gasteiger partial charge in [0.05, 0.1) is 6.61 Å². The molecule has 0 atom stereocenters. The topological polar surface area (TPSA) is 78.8 Å². The van der Waals surface area contributed by atoms with Crippen LogP contribution in [0.2, 0.25) is 0 Å². The van der Waals surface area contributed by atoms with Crippen LogP contribution >= 0.6 is 0 Å². The first-order valence-corrected chi connectivity index (χ1v) is 3.91. The van der Waals surface area contributed by atoms with Gasteiger partial charge in [0.15, 0.2) is 0 Å². The first-order chi connectivity index (χ1) is 6.26. The summed E-state index contributed by atoms with van der Waals surface area (Å²) in [6.07, 6.45) is 0.419. The summed E-state index contributed by atoms with van der Waals surface area (Å²) in [6.45, 7) is 0.0316. The van der Waals surface area contributed by atoms with Crippen molar-refractivity contribution in [2.24, 2.45) is 10.9 Å². The first kappa shape index (κ1) is 9.54. The van der Waals surface area contributed by atoms with Gasteiger partial charge < -0.3 is 16.0 Å². The molecule has 0 aliphatic carbocycles. The van der Waals surface area contributed by atoms with E-state index < -0.39 is 0 Å². The average molecular weight is 180 g/mol. The number of hydrogen-bond donors (Lipinski definition) is 3. The van der Waals surface area contributed by atoms with Crippen molar-refractivity contribution in [3.8, 4) is 0 Å². The minimum absolute atomic E-state index is 0.0316. The third-order valence-corrected chi connectivity index (χ3v) is 1.72. The lowest BCUT2D eigenvalue weighted by Gasteiger charge is -2.00. The molecule has 4 nitrogen and oxygen atoms in total. The Morgan fingerprint density at radius 3 is 2.23 bits per heavy atom. The second kappa shape index (κ2) is 4.47. The summed E-state index contributed by atoms with van der Waals surface area (Å²) < 4.78 is 0. The van der Waals surface area contributed by atoms with E-state index in [-0.39, 0.29) is 12.4 Å². The molecule has 0 bridgehead atoms. The van der Waals surface area contributed by atoms with Gasteiger partial charge in [0.25, 0.3) is 0 Å². The van der Waals surface area contributed by atoms with Crippen molar-refractivity contribution in [3.63, 3.8) is 0 Å². The van der Waals surface area contributed by atoms with Crippen molar-refractivity contribution in [3.05, 3.63) is 35.4 Å².